The van der Waals surface area contributed by atoms with Crippen LogP contribution in [0.1, 0.15) is 37.2 Å². The van der Waals surface area contributed by atoms with Crippen LogP contribution in [-0.4, -0.2) is 95.6 Å². The van der Waals surface area contributed by atoms with Gasteiger partial charge >= 0.3 is 0 Å². The highest BCUT2D eigenvalue weighted by atomic mass is 16.4. The number of amides is 1. The maximum atomic E-state index is 12.4. The molecule has 2 N–H and O–H groups in total. The van der Waals surface area contributed by atoms with Gasteiger partial charge in [0.15, 0.2) is 5.76 Å². The van der Waals surface area contributed by atoms with Gasteiger partial charge in [0.1, 0.15) is 0 Å². The minimum atomic E-state index is -0.250. The van der Waals surface area contributed by atoms with Crippen LogP contribution in [0.3, 0.4) is 0 Å². The molecule has 0 radical (unpaired) electrons. The van der Waals surface area contributed by atoms with Crippen molar-refractivity contribution in [3.05, 3.63) is 24.2 Å². The van der Waals surface area contributed by atoms with Crippen molar-refractivity contribution >= 4 is 18.9 Å². The highest BCUT2D eigenvalue weighted by molar-refractivity contribution is 5.91. The van der Waals surface area contributed by atoms with E-state index in [-0.39, 0.29) is 18.9 Å². The topological polar surface area (TPSA) is 115 Å². The fourth-order valence-electron chi connectivity index (χ4n) is 3.76. The monoisotopic (exact) mass is 411 g/mol. The van der Waals surface area contributed by atoms with Gasteiger partial charge in [0.25, 0.3) is 18.9 Å². The van der Waals surface area contributed by atoms with Crippen LogP contribution in [0, 0.1) is 5.92 Å². The number of carboxylic acid groups (broad SMARTS) is 2. The average molecular weight is 411 g/mol. The number of hydrogen-bond donors (Lipinski definition) is 2. The van der Waals surface area contributed by atoms with E-state index in [1.54, 1.807) is 18.4 Å². The Morgan fingerprint density at radius 2 is 1.86 bits per heavy atom. The smallest absolute Gasteiger partial charge is 0.290 e. The quantitative estimate of drug-likeness (QED) is 0.718. The Morgan fingerprint density at radius 1 is 1.17 bits per heavy atom. The van der Waals surface area contributed by atoms with Gasteiger partial charge in [-0.1, -0.05) is 0 Å². The zero-order valence-corrected chi connectivity index (χ0v) is 17.3. The molecule has 0 spiro atoms. The van der Waals surface area contributed by atoms with E-state index in [1.165, 1.54) is 26.1 Å². The Hall–Kier alpha value is -2.39. The molecule has 0 aromatic carbocycles. The molecule has 9 nitrogen and oxygen atoms in total. The van der Waals surface area contributed by atoms with E-state index >= 15 is 0 Å². The van der Waals surface area contributed by atoms with Gasteiger partial charge in [-0.15, -0.1) is 0 Å². The number of likely N-dealkylation sites (tertiary alicyclic amines) is 1. The van der Waals surface area contributed by atoms with Gasteiger partial charge in [-0.3, -0.25) is 14.4 Å². The average Bonchev–Trinajstić information content (AvgIpc) is 3.32. The zero-order chi connectivity index (χ0) is 21.6. The molecule has 2 aliphatic rings. The van der Waals surface area contributed by atoms with Gasteiger partial charge < -0.3 is 29.3 Å². The van der Waals surface area contributed by atoms with Crippen molar-refractivity contribution in [3.8, 4) is 0 Å². The molecule has 1 atom stereocenters. The van der Waals surface area contributed by atoms with Gasteiger partial charge in [0.2, 0.25) is 0 Å². The predicted molar refractivity (Wildman–Crippen MR) is 108 cm³/mol. The van der Waals surface area contributed by atoms with E-state index in [4.69, 9.17) is 24.2 Å². The van der Waals surface area contributed by atoms with Gasteiger partial charge in [-0.25, -0.2) is 0 Å². The van der Waals surface area contributed by atoms with Crippen molar-refractivity contribution < 1.29 is 29.0 Å². The summed E-state index contributed by atoms with van der Waals surface area (Å²) in [6, 6.07) is 4.19. The van der Waals surface area contributed by atoms with Crippen molar-refractivity contribution in [2.75, 3.05) is 45.8 Å². The highest BCUT2D eigenvalue weighted by Crippen LogP contribution is 2.20. The third-order valence-electron chi connectivity index (χ3n) is 5.17. The third kappa shape index (κ3) is 8.66. The summed E-state index contributed by atoms with van der Waals surface area (Å²) >= 11 is 0. The number of carbonyl (C=O) groups excluding carboxylic acids is 1. The number of hydrogen-bond acceptors (Lipinski definition) is 6. The first-order valence-corrected chi connectivity index (χ1v) is 9.91. The molecule has 1 aromatic heterocycles. The van der Waals surface area contributed by atoms with E-state index < -0.39 is 0 Å². The lowest BCUT2D eigenvalue weighted by Crippen LogP contribution is -2.37. The Morgan fingerprint density at radius 3 is 2.41 bits per heavy atom. The van der Waals surface area contributed by atoms with E-state index in [1.807, 2.05) is 4.90 Å². The lowest BCUT2D eigenvalue weighted by molar-refractivity contribution is -0.123. The standard InChI is InChI=1S/C18H29N3O2.2CH2O2/c1-15(2)21-9-6-16(14-21)13-19-7-4-8-20(11-10-19)18(22)17-5-3-12-23-17;2*2-1-3/h3,5,12,15-16H,4,6-11,13-14H2,1-2H3;2*1H,(H,2,3). The minimum absolute atomic E-state index is 0.0312. The summed E-state index contributed by atoms with van der Waals surface area (Å²) in [5, 5.41) is 13.8. The van der Waals surface area contributed by atoms with E-state index in [0.29, 0.717) is 11.8 Å². The van der Waals surface area contributed by atoms with Crippen LogP contribution in [0.15, 0.2) is 22.8 Å². The molecule has 3 heterocycles. The van der Waals surface area contributed by atoms with Crippen molar-refractivity contribution in [1.82, 2.24) is 14.7 Å². The van der Waals surface area contributed by atoms with Crippen LogP contribution in [0.25, 0.3) is 0 Å². The normalized spacial score (nSPS) is 20.1. The fourth-order valence-corrected chi connectivity index (χ4v) is 3.76. The van der Waals surface area contributed by atoms with Crippen LogP contribution in [0.4, 0.5) is 0 Å². The Labute approximate surface area is 171 Å². The molecule has 1 aromatic rings. The van der Waals surface area contributed by atoms with Crippen LogP contribution >= 0.6 is 0 Å². The molecule has 29 heavy (non-hydrogen) atoms. The molecule has 0 aliphatic carbocycles. The van der Waals surface area contributed by atoms with Crippen LogP contribution in [-0.2, 0) is 9.59 Å². The molecular weight excluding hydrogens is 378 g/mol. The minimum Gasteiger partial charge on any atom is -0.483 e. The molecule has 1 amide bonds. The Bertz CT molecular complexity index is 587. The summed E-state index contributed by atoms with van der Waals surface area (Å²) < 4.78 is 5.25. The van der Waals surface area contributed by atoms with Crippen molar-refractivity contribution in [3.63, 3.8) is 0 Å². The first-order chi connectivity index (χ1) is 14.0. The van der Waals surface area contributed by atoms with Gasteiger partial charge in [0.05, 0.1) is 6.26 Å². The Kier molecular flexibility index (Phi) is 11.7. The highest BCUT2D eigenvalue weighted by Gasteiger charge is 2.27. The predicted octanol–water partition coefficient (Wildman–Crippen LogP) is 1.56. The second-order valence-electron chi connectivity index (χ2n) is 7.38. The molecule has 9 heteroatoms. The van der Waals surface area contributed by atoms with Crippen molar-refractivity contribution in [2.45, 2.75) is 32.7 Å². The second-order valence-corrected chi connectivity index (χ2v) is 7.38. The third-order valence-corrected chi connectivity index (χ3v) is 5.17. The number of carbonyl (C=O) groups is 3. The lowest BCUT2D eigenvalue weighted by atomic mass is 10.1. The van der Waals surface area contributed by atoms with Crippen LogP contribution in [0.2, 0.25) is 0 Å². The largest absolute Gasteiger partial charge is 0.483 e. The van der Waals surface area contributed by atoms with E-state index in [9.17, 15) is 4.79 Å². The van der Waals surface area contributed by atoms with Gasteiger partial charge in [0, 0.05) is 38.8 Å². The summed E-state index contributed by atoms with van der Waals surface area (Å²) in [5.74, 6) is 1.27. The maximum Gasteiger partial charge on any atom is 0.290 e. The summed E-state index contributed by atoms with van der Waals surface area (Å²) in [7, 11) is 0. The first-order valence-electron chi connectivity index (χ1n) is 9.91. The summed E-state index contributed by atoms with van der Waals surface area (Å²) in [6.07, 6.45) is 3.93. The van der Waals surface area contributed by atoms with Crippen molar-refractivity contribution in [2.24, 2.45) is 5.92 Å². The molecule has 2 aliphatic heterocycles. The molecule has 1 unspecified atom stereocenters. The molecule has 0 saturated carbocycles. The maximum absolute atomic E-state index is 12.4. The summed E-state index contributed by atoms with van der Waals surface area (Å²) in [4.78, 5) is 36.2. The number of furan rings is 1. The fraction of sp³-hybridized carbons (Fsp3) is 0.650. The van der Waals surface area contributed by atoms with Crippen LogP contribution in [0.5, 0.6) is 0 Å². The summed E-state index contributed by atoms with van der Waals surface area (Å²) in [6.45, 7) is 11.4. The van der Waals surface area contributed by atoms with E-state index in [2.05, 4.69) is 23.6 Å². The van der Waals surface area contributed by atoms with Crippen LogP contribution < -0.4 is 0 Å². The van der Waals surface area contributed by atoms with E-state index in [0.717, 1.165) is 38.5 Å². The summed E-state index contributed by atoms with van der Waals surface area (Å²) in [5.41, 5.74) is 0. The molecular formula is C20H33N3O6. The molecule has 0 bridgehead atoms. The molecule has 3 rings (SSSR count). The number of rotatable bonds is 4. The lowest BCUT2D eigenvalue weighted by Gasteiger charge is -2.25. The second kappa shape index (κ2) is 13.7. The molecule has 2 saturated heterocycles. The first kappa shape index (κ1) is 24.6. The molecule has 164 valence electrons. The van der Waals surface area contributed by atoms with Gasteiger partial charge in [-0.2, -0.15) is 0 Å². The zero-order valence-electron chi connectivity index (χ0n) is 17.3. The van der Waals surface area contributed by atoms with Gasteiger partial charge in [-0.05, 0) is 57.8 Å². The SMILES string of the molecule is CC(C)N1CCC(CN2CCCN(C(=O)c3ccco3)CC2)C1.O=CO.O=CO. The van der Waals surface area contributed by atoms with Crippen molar-refractivity contribution in [1.29, 1.82) is 0 Å². The number of nitrogens with zero attached hydrogens (tertiary/aromatic N) is 3. The Balaban J connectivity index is 0.000000626. The molecule has 2 fully saturated rings.